The third kappa shape index (κ3) is 2.00. The van der Waals surface area contributed by atoms with Gasteiger partial charge in [-0.3, -0.25) is 0 Å². The molecule has 5 nitrogen and oxygen atoms in total. The molecular weight excluding hydrogens is 278 g/mol. The maximum atomic E-state index is 12.1. The molecule has 1 aromatic carbocycles. The van der Waals surface area contributed by atoms with E-state index in [0.29, 0.717) is 5.82 Å². The Kier molecular flexibility index (Phi) is 3.06. The van der Waals surface area contributed by atoms with E-state index in [1.165, 1.54) is 11.1 Å². The van der Waals surface area contributed by atoms with Crippen molar-refractivity contribution in [3.8, 4) is 0 Å². The van der Waals surface area contributed by atoms with E-state index >= 15 is 0 Å². The quantitative estimate of drug-likeness (QED) is 0.798. The molecule has 1 aliphatic rings. The first-order chi connectivity index (χ1) is 9.61. The molecule has 1 aliphatic heterocycles. The Hall–Kier alpha value is -2.14. The molecule has 6 heteroatoms. The summed E-state index contributed by atoms with van der Waals surface area (Å²) < 4.78 is 5.21. The van der Waals surface area contributed by atoms with E-state index in [2.05, 4.69) is 9.97 Å². The SMILES string of the molecule is C[C@]1(c2ccccc2)COC(=O)N1c1ccnc(Cl)n1. The molecule has 20 heavy (non-hydrogen) atoms. The topological polar surface area (TPSA) is 55.3 Å². The summed E-state index contributed by atoms with van der Waals surface area (Å²) in [6.07, 6.45) is 1.08. The second-order valence-corrected chi connectivity index (χ2v) is 5.05. The number of hydrogen-bond donors (Lipinski definition) is 0. The summed E-state index contributed by atoms with van der Waals surface area (Å²) in [6, 6.07) is 11.3. The molecule has 2 heterocycles. The van der Waals surface area contributed by atoms with Gasteiger partial charge in [-0.25, -0.2) is 19.7 Å². The number of hydrogen-bond acceptors (Lipinski definition) is 4. The zero-order valence-corrected chi connectivity index (χ0v) is 11.5. The maximum absolute atomic E-state index is 12.1. The fourth-order valence-electron chi connectivity index (χ4n) is 2.34. The van der Waals surface area contributed by atoms with Crippen LogP contribution in [-0.2, 0) is 10.3 Å². The van der Waals surface area contributed by atoms with E-state index in [9.17, 15) is 4.79 Å². The van der Waals surface area contributed by atoms with Crippen molar-refractivity contribution in [1.82, 2.24) is 9.97 Å². The second kappa shape index (κ2) is 4.76. The summed E-state index contributed by atoms with van der Waals surface area (Å²) >= 11 is 5.81. The first kappa shape index (κ1) is 12.9. The predicted octanol–water partition coefficient (Wildman–Crippen LogP) is 3.00. The average molecular weight is 290 g/mol. The van der Waals surface area contributed by atoms with Crippen LogP contribution in [0.4, 0.5) is 10.6 Å². The number of carbonyl (C=O) groups is 1. The van der Waals surface area contributed by atoms with E-state index in [4.69, 9.17) is 16.3 Å². The van der Waals surface area contributed by atoms with Crippen LogP contribution in [0, 0.1) is 0 Å². The largest absolute Gasteiger partial charge is 0.446 e. The lowest BCUT2D eigenvalue weighted by Gasteiger charge is -2.31. The number of rotatable bonds is 2. The highest BCUT2D eigenvalue weighted by Gasteiger charge is 2.46. The van der Waals surface area contributed by atoms with Crippen LogP contribution < -0.4 is 4.90 Å². The lowest BCUT2D eigenvalue weighted by Crippen LogP contribution is -2.42. The Morgan fingerprint density at radius 1 is 1.30 bits per heavy atom. The molecule has 1 saturated heterocycles. The van der Waals surface area contributed by atoms with Crippen LogP contribution in [0.15, 0.2) is 42.6 Å². The molecule has 1 aromatic heterocycles. The lowest BCUT2D eigenvalue weighted by molar-refractivity contribution is 0.174. The van der Waals surface area contributed by atoms with Gasteiger partial charge in [0, 0.05) is 6.20 Å². The molecule has 1 amide bonds. The molecule has 0 bridgehead atoms. The van der Waals surface area contributed by atoms with Gasteiger partial charge in [0.25, 0.3) is 0 Å². The van der Waals surface area contributed by atoms with Crippen molar-refractivity contribution < 1.29 is 9.53 Å². The van der Waals surface area contributed by atoms with Gasteiger partial charge in [0.05, 0.1) is 0 Å². The number of cyclic esters (lactones) is 1. The number of amides is 1. The fourth-order valence-corrected chi connectivity index (χ4v) is 2.48. The summed E-state index contributed by atoms with van der Waals surface area (Å²) in [6.45, 7) is 2.20. The fraction of sp³-hybridized carbons (Fsp3) is 0.214. The monoisotopic (exact) mass is 289 g/mol. The van der Waals surface area contributed by atoms with E-state index in [0.717, 1.165) is 5.56 Å². The molecular formula is C14H12ClN3O2. The van der Waals surface area contributed by atoms with Gasteiger partial charge in [0.15, 0.2) is 0 Å². The normalized spacial score (nSPS) is 21.9. The molecule has 102 valence electrons. The third-order valence-corrected chi connectivity index (χ3v) is 3.57. The highest BCUT2D eigenvalue weighted by Crippen LogP contribution is 2.37. The molecule has 0 unspecified atom stereocenters. The number of aromatic nitrogens is 2. The van der Waals surface area contributed by atoms with Gasteiger partial charge >= 0.3 is 6.09 Å². The smallest absolute Gasteiger partial charge is 0.416 e. The minimum Gasteiger partial charge on any atom is -0.446 e. The zero-order chi connectivity index (χ0) is 14.2. The van der Waals surface area contributed by atoms with Crippen molar-refractivity contribution in [3.05, 3.63) is 53.4 Å². The maximum Gasteiger partial charge on any atom is 0.416 e. The van der Waals surface area contributed by atoms with Gasteiger partial charge in [-0.2, -0.15) is 0 Å². The van der Waals surface area contributed by atoms with Crippen LogP contribution in [0.5, 0.6) is 0 Å². The number of benzene rings is 1. The average Bonchev–Trinajstić information content (AvgIpc) is 2.77. The minimum atomic E-state index is -0.615. The molecule has 1 fully saturated rings. The summed E-state index contributed by atoms with van der Waals surface area (Å²) in [7, 11) is 0. The van der Waals surface area contributed by atoms with Gasteiger partial charge in [-0.1, -0.05) is 30.3 Å². The Bertz CT molecular complexity index is 650. The molecule has 0 aliphatic carbocycles. The van der Waals surface area contributed by atoms with Crippen LogP contribution in [0.25, 0.3) is 0 Å². The Labute approximate surface area is 121 Å². The lowest BCUT2D eigenvalue weighted by atomic mass is 9.92. The van der Waals surface area contributed by atoms with E-state index in [1.54, 1.807) is 6.07 Å². The second-order valence-electron chi connectivity index (χ2n) is 4.71. The van der Waals surface area contributed by atoms with Crippen molar-refractivity contribution in [1.29, 1.82) is 0 Å². The van der Waals surface area contributed by atoms with Crippen LogP contribution in [-0.4, -0.2) is 22.7 Å². The number of carbonyl (C=O) groups excluding carboxylic acids is 1. The first-order valence-electron chi connectivity index (χ1n) is 6.12. The predicted molar refractivity (Wildman–Crippen MR) is 74.7 cm³/mol. The van der Waals surface area contributed by atoms with Crippen molar-refractivity contribution >= 4 is 23.5 Å². The standard InChI is InChI=1S/C14H12ClN3O2/c1-14(10-5-3-2-4-6-10)9-20-13(19)18(14)11-7-8-16-12(15)17-11/h2-8H,9H2,1H3/t14-/m1/s1. The number of halogens is 1. The van der Waals surface area contributed by atoms with Crippen molar-refractivity contribution in [2.24, 2.45) is 0 Å². The van der Waals surface area contributed by atoms with Gasteiger partial charge < -0.3 is 4.74 Å². The highest BCUT2D eigenvalue weighted by atomic mass is 35.5. The number of nitrogens with zero attached hydrogens (tertiary/aromatic N) is 3. The highest BCUT2D eigenvalue weighted by molar-refractivity contribution is 6.28. The molecule has 0 N–H and O–H groups in total. The summed E-state index contributed by atoms with van der Waals surface area (Å²) in [5.74, 6) is 0.429. The molecule has 3 rings (SSSR count). The van der Waals surface area contributed by atoms with Gasteiger partial charge in [-0.15, -0.1) is 0 Å². The van der Waals surface area contributed by atoms with E-state index < -0.39 is 11.6 Å². The van der Waals surface area contributed by atoms with Gasteiger partial charge in [0.2, 0.25) is 5.28 Å². The first-order valence-corrected chi connectivity index (χ1v) is 6.50. The van der Waals surface area contributed by atoms with Gasteiger partial charge in [0.1, 0.15) is 18.0 Å². The zero-order valence-electron chi connectivity index (χ0n) is 10.8. The summed E-state index contributed by atoms with van der Waals surface area (Å²) in [4.78, 5) is 21.5. The summed E-state index contributed by atoms with van der Waals surface area (Å²) in [5, 5.41) is 0.0950. The Morgan fingerprint density at radius 3 is 2.75 bits per heavy atom. The van der Waals surface area contributed by atoms with Gasteiger partial charge in [-0.05, 0) is 30.2 Å². The Balaban J connectivity index is 2.09. The molecule has 0 spiro atoms. The van der Waals surface area contributed by atoms with Crippen molar-refractivity contribution in [2.75, 3.05) is 11.5 Å². The molecule has 0 saturated carbocycles. The minimum absolute atomic E-state index is 0.0950. The Morgan fingerprint density at radius 2 is 2.05 bits per heavy atom. The van der Waals surface area contributed by atoms with Crippen molar-refractivity contribution in [3.63, 3.8) is 0 Å². The molecule has 1 atom stereocenters. The molecule has 2 aromatic rings. The van der Waals surface area contributed by atoms with Crippen molar-refractivity contribution in [2.45, 2.75) is 12.5 Å². The number of ether oxygens (including phenoxy) is 1. The molecule has 0 radical (unpaired) electrons. The number of anilines is 1. The van der Waals surface area contributed by atoms with Crippen LogP contribution in [0.2, 0.25) is 5.28 Å². The third-order valence-electron chi connectivity index (χ3n) is 3.39. The van der Waals surface area contributed by atoms with E-state index in [1.807, 2.05) is 37.3 Å². The van der Waals surface area contributed by atoms with Crippen LogP contribution in [0.1, 0.15) is 12.5 Å². The van der Waals surface area contributed by atoms with Crippen LogP contribution in [0.3, 0.4) is 0 Å². The van der Waals surface area contributed by atoms with Crippen LogP contribution >= 0.6 is 11.6 Å². The van der Waals surface area contributed by atoms with E-state index in [-0.39, 0.29) is 11.9 Å². The summed E-state index contributed by atoms with van der Waals surface area (Å²) in [5.41, 5.74) is 0.358.